The molecule has 0 saturated carbocycles. The van der Waals surface area contributed by atoms with Crippen LogP contribution in [-0.2, 0) is 10.8 Å². The Bertz CT molecular complexity index is 743. The number of hydrogen-bond donors (Lipinski definition) is 1. The quantitative estimate of drug-likeness (QED) is 0.918. The maximum Gasteiger partial charge on any atom is 0.271 e. The van der Waals surface area contributed by atoms with Crippen molar-refractivity contribution in [1.29, 1.82) is 0 Å². The van der Waals surface area contributed by atoms with Gasteiger partial charge in [-0.05, 0) is 25.3 Å². The Kier molecular flexibility index (Phi) is 3.77. The van der Waals surface area contributed by atoms with Gasteiger partial charge in [0.15, 0.2) is 0 Å². The molecule has 3 heterocycles. The van der Waals surface area contributed by atoms with Gasteiger partial charge in [0.2, 0.25) is 0 Å². The fourth-order valence-electron chi connectivity index (χ4n) is 3.48. The third kappa shape index (κ3) is 2.72. The van der Waals surface area contributed by atoms with Gasteiger partial charge >= 0.3 is 0 Å². The number of aromatic amines is 1. The monoisotopic (exact) mass is 329 g/mol. The van der Waals surface area contributed by atoms with E-state index in [-0.39, 0.29) is 16.4 Å². The van der Waals surface area contributed by atoms with Crippen molar-refractivity contribution in [2.45, 2.75) is 29.8 Å². The van der Waals surface area contributed by atoms with Crippen LogP contribution in [0.2, 0.25) is 0 Å². The predicted molar refractivity (Wildman–Crippen MR) is 89.5 cm³/mol. The number of amides is 1. The highest BCUT2D eigenvalue weighted by atomic mass is 32.2. The third-order valence-corrected chi connectivity index (χ3v) is 6.95. The number of benzene rings is 1. The van der Waals surface area contributed by atoms with Crippen molar-refractivity contribution in [2.75, 3.05) is 13.1 Å². The van der Waals surface area contributed by atoms with E-state index >= 15 is 0 Å². The minimum atomic E-state index is -0.774. The molecule has 1 aromatic heterocycles. The van der Waals surface area contributed by atoms with Crippen molar-refractivity contribution in [2.24, 2.45) is 0 Å². The van der Waals surface area contributed by atoms with Gasteiger partial charge in [-0.15, -0.1) is 0 Å². The summed E-state index contributed by atoms with van der Waals surface area (Å²) in [5.74, 6) is -0.0377. The molecule has 0 aliphatic carbocycles. The van der Waals surface area contributed by atoms with Gasteiger partial charge in [0, 0.05) is 34.7 Å². The van der Waals surface area contributed by atoms with Gasteiger partial charge in [-0.2, -0.15) is 5.10 Å². The van der Waals surface area contributed by atoms with E-state index in [1.54, 1.807) is 6.07 Å². The van der Waals surface area contributed by atoms with Crippen LogP contribution in [0.4, 0.5) is 0 Å². The van der Waals surface area contributed by atoms with E-state index in [2.05, 4.69) is 10.2 Å². The Labute approximate surface area is 137 Å². The standard InChI is InChI=1S/C17H19N3O2S/c21-17(20-9-8-13-6-7-14(11-20)23(13)22)16-10-15(18-19-16)12-4-2-1-3-5-12/h1-5,10,13-14H,6-9,11H2,(H,18,19). The number of nitrogens with one attached hydrogen (secondary N) is 1. The lowest BCUT2D eigenvalue weighted by Crippen LogP contribution is -2.37. The maximum absolute atomic E-state index is 12.7. The van der Waals surface area contributed by atoms with Gasteiger partial charge in [-0.3, -0.25) is 14.1 Å². The molecule has 6 heteroatoms. The van der Waals surface area contributed by atoms with Crippen LogP contribution in [0.1, 0.15) is 29.8 Å². The number of carbonyl (C=O) groups is 1. The Morgan fingerprint density at radius 2 is 1.96 bits per heavy atom. The molecule has 2 bridgehead atoms. The van der Waals surface area contributed by atoms with Crippen LogP contribution < -0.4 is 0 Å². The van der Waals surface area contributed by atoms with E-state index in [1.807, 2.05) is 35.2 Å². The first-order valence-electron chi connectivity index (χ1n) is 8.02. The molecule has 3 atom stereocenters. The molecule has 4 rings (SSSR count). The SMILES string of the molecule is O=C(c1cc(-c2ccccc2)n[nH]1)N1CCC2CCC(C1)S2=O. The molecule has 2 saturated heterocycles. The molecule has 3 unspecified atom stereocenters. The van der Waals surface area contributed by atoms with Crippen LogP contribution in [0.3, 0.4) is 0 Å². The van der Waals surface area contributed by atoms with Crippen molar-refractivity contribution >= 4 is 16.7 Å². The summed E-state index contributed by atoms with van der Waals surface area (Å²) in [6.07, 6.45) is 2.86. The smallest absolute Gasteiger partial charge is 0.271 e. The van der Waals surface area contributed by atoms with Gasteiger partial charge < -0.3 is 4.90 Å². The molecule has 2 fully saturated rings. The largest absolute Gasteiger partial charge is 0.336 e. The molecule has 5 nitrogen and oxygen atoms in total. The van der Waals surface area contributed by atoms with Crippen LogP contribution in [0.15, 0.2) is 36.4 Å². The Balaban J connectivity index is 1.53. The zero-order valence-corrected chi connectivity index (χ0v) is 13.6. The number of H-pyrrole nitrogens is 1. The summed E-state index contributed by atoms with van der Waals surface area (Å²) in [5.41, 5.74) is 2.26. The number of aromatic nitrogens is 2. The second-order valence-electron chi connectivity index (χ2n) is 6.22. The van der Waals surface area contributed by atoms with E-state index in [0.29, 0.717) is 18.8 Å². The summed E-state index contributed by atoms with van der Waals surface area (Å²) < 4.78 is 12.3. The summed E-state index contributed by atoms with van der Waals surface area (Å²) in [6, 6.07) is 11.6. The molecular formula is C17H19N3O2S. The van der Waals surface area contributed by atoms with Gasteiger partial charge in [0.05, 0.1) is 10.9 Å². The Morgan fingerprint density at radius 3 is 2.78 bits per heavy atom. The van der Waals surface area contributed by atoms with Gasteiger partial charge in [-0.25, -0.2) is 0 Å². The molecule has 1 N–H and O–H groups in total. The predicted octanol–water partition coefficient (Wildman–Crippen LogP) is 2.20. The highest BCUT2D eigenvalue weighted by molar-refractivity contribution is 7.86. The third-order valence-electron chi connectivity index (χ3n) is 4.78. The van der Waals surface area contributed by atoms with Crippen LogP contribution in [0.5, 0.6) is 0 Å². The number of carbonyl (C=O) groups excluding carboxylic acids is 1. The van der Waals surface area contributed by atoms with E-state index < -0.39 is 10.8 Å². The Morgan fingerprint density at radius 1 is 1.17 bits per heavy atom. The van der Waals surface area contributed by atoms with Crippen molar-refractivity contribution < 1.29 is 9.00 Å². The molecule has 0 spiro atoms. The number of rotatable bonds is 2. The van der Waals surface area contributed by atoms with Crippen molar-refractivity contribution in [3.05, 3.63) is 42.1 Å². The highest BCUT2D eigenvalue weighted by Crippen LogP contribution is 2.30. The first kappa shape index (κ1) is 14.6. The molecule has 0 radical (unpaired) electrons. The fraction of sp³-hybridized carbons (Fsp3) is 0.412. The van der Waals surface area contributed by atoms with E-state index in [9.17, 15) is 9.00 Å². The normalized spacial score (nSPS) is 27.0. The molecule has 2 aliphatic heterocycles. The fourth-order valence-corrected chi connectivity index (χ4v) is 5.43. The summed E-state index contributed by atoms with van der Waals surface area (Å²) in [4.78, 5) is 14.6. The van der Waals surface area contributed by atoms with E-state index in [4.69, 9.17) is 0 Å². The van der Waals surface area contributed by atoms with Crippen LogP contribution >= 0.6 is 0 Å². The molecule has 23 heavy (non-hydrogen) atoms. The zero-order valence-electron chi connectivity index (χ0n) is 12.8. The van der Waals surface area contributed by atoms with Gasteiger partial charge in [-0.1, -0.05) is 30.3 Å². The summed E-state index contributed by atoms with van der Waals surface area (Å²) in [5, 5.41) is 7.54. The van der Waals surface area contributed by atoms with Gasteiger partial charge in [0.1, 0.15) is 5.69 Å². The Hall–Kier alpha value is -1.95. The number of fused-ring (bicyclic) bond motifs is 2. The topological polar surface area (TPSA) is 66.1 Å². The second-order valence-corrected chi connectivity index (χ2v) is 8.21. The summed E-state index contributed by atoms with van der Waals surface area (Å²) in [6.45, 7) is 1.28. The molecule has 1 aromatic carbocycles. The minimum Gasteiger partial charge on any atom is -0.336 e. The highest BCUT2D eigenvalue weighted by Gasteiger charge is 2.38. The average molecular weight is 329 g/mol. The summed E-state index contributed by atoms with van der Waals surface area (Å²) >= 11 is 0. The van der Waals surface area contributed by atoms with Crippen LogP contribution in [-0.4, -0.2) is 48.8 Å². The average Bonchev–Trinajstić information content (AvgIpc) is 3.13. The first-order chi connectivity index (χ1) is 11.2. The summed E-state index contributed by atoms with van der Waals surface area (Å²) in [7, 11) is -0.774. The van der Waals surface area contributed by atoms with E-state index in [0.717, 1.165) is 30.5 Å². The molecule has 2 aliphatic rings. The number of hydrogen-bond acceptors (Lipinski definition) is 3. The van der Waals surface area contributed by atoms with Crippen molar-refractivity contribution in [3.8, 4) is 11.3 Å². The second kappa shape index (κ2) is 5.92. The van der Waals surface area contributed by atoms with Crippen molar-refractivity contribution in [1.82, 2.24) is 15.1 Å². The number of likely N-dealkylation sites (tertiary alicyclic amines) is 1. The van der Waals surface area contributed by atoms with Gasteiger partial charge in [0.25, 0.3) is 5.91 Å². The first-order valence-corrected chi connectivity index (χ1v) is 9.29. The molecule has 120 valence electrons. The maximum atomic E-state index is 12.7. The number of nitrogens with zero attached hydrogens (tertiary/aromatic N) is 2. The van der Waals surface area contributed by atoms with E-state index in [1.165, 1.54) is 0 Å². The van der Waals surface area contributed by atoms with Crippen LogP contribution in [0, 0.1) is 0 Å². The minimum absolute atomic E-state index is 0.0377. The lowest BCUT2D eigenvalue weighted by molar-refractivity contribution is 0.0745. The van der Waals surface area contributed by atoms with Crippen molar-refractivity contribution in [3.63, 3.8) is 0 Å². The van der Waals surface area contributed by atoms with Crippen LogP contribution in [0.25, 0.3) is 11.3 Å². The lowest BCUT2D eigenvalue weighted by atomic mass is 10.1. The molecular weight excluding hydrogens is 310 g/mol. The molecule has 2 aromatic rings. The zero-order chi connectivity index (χ0) is 15.8. The molecule has 1 amide bonds. The lowest BCUT2D eigenvalue weighted by Gasteiger charge is -2.23.